The molecule has 1 aliphatic rings. The lowest BCUT2D eigenvalue weighted by Gasteiger charge is -2.28. The molecule has 1 aromatic rings. The molecular weight excluding hydrogens is 192 g/mol. The van der Waals surface area contributed by atoms with Gasteiger partial charge in [-0.05, 0) is 5.56 Å². The van der Waals surface area contributed by atoms with Crippen molar-refractivity contribution in [1.29, 1.82) is 0 Å². The Morgan fingerprint density at radius 2 is 2.07 bits per heavy atom. The van der Waals surface area contributed by atoms with Crippen molar-refractivity contribution < 1.29 is 9.90 Å². The number of carbonyl (C=O) groups excluding carboxylic acids is 1. The summed E-state index contributed by atoms with van der Waals surface area (Å²) >= 11 is 0. The maximum absolute atomic E-state index is 11.6. The molecule has 4 heteroatoms. The molecule has 1 aromatic carbocycles. The third-order valence-corrected chi connectivity index (χ3v) is 2.49. The maximum Gasteiger partial charge on any atom is 0.253 e. The Kier molecular flexibility index (Phi) is 2.99. The number of hydrogen-bond donors (Lipinski definition) is 3. The summed E-state index contributed by atoms with van der Waals surface area (Å²) in [7, 11) is 0. The van der Waals surface area contributed by atoms with Gasteiger partial charge in [-0.2, -0.15) is 0 Å². The fourth-order valence-corrected chi connectivity index (χ4v) is 1.46. The third kappa shape index (κ3) is 2.34. The molecule has 1 saturated heterocycles. The summed E-state index contributed by atoms with van der Waals surface area (Å²) in [5, 5.41) is 15.5. The van der Waals surface area contributed by atoms with Gasteiger partial charge < -0.3 is 15.7 Å². The second kappa shape index (κ2) is 4.42. The van der Waals surface area contributed by atoms with Crippen LogP contribution in [0.25, 0.3) is 0 Å². The highest BCUT2D eigenvalue weighted by Crippen LogP contribution is 2.12. The van der Waals surface area contributed by atoms with Crippen molar-refractivity contribution in [2.45, 2.75) is 12.1 Å². The molecule has 0 radical (unpaired) electrons. The predicted molar refractivity (Wildman–Crippen MR) is 56.2 cm³/mol. The number of benzene rings is 1. The van der Waals surface area contributed by atoms with Gasteiger partial charge in [0.15, 0.2) is 6.10 Å². The lowest BCUT2D eigenvalue weighted by molar-refractivity contribution is -0.130. The Hall–Kier alpha value is -1.39. The van der Waals surface area contributed by atoms with Crippen LogP contribution in [0.15, 0.2) is 30.3 Å². The van der Waals surface area contributed by atoms with Gasteiger partial charge in [0.25, 0.3) is 5.91 Å². The first-order chi connectivity index (χ1) is 7.27. The quantitative estimate of drug-likeness (QED) is 0.642. The first-order valence-corrected chi connectivity index (χ1v) is 5.01. The second-order valence-corrected chi connectivity index (χ2v) is 3.68. The topological polar surface area (TPSA) is 61.4 Å². The summed E-state index contributed by atoms with van der Waals surface area (Å²) in [4.78, 5) is 11.6. The smallest absolute Gasteiger partial charge is 0.253 e. The van der Waals surface area contributed by atoms with Gasteiger partial charge in [0.1, 0.15) is 0 Å². The molecule has 4 nitrogen and oxygen atoms in total. The summed E-state index contributed by atoms with van der Waals surface area (Å²) in [6.07, 6.45) is -1.06. The average Bonchev–Trinajstić information content (AvgIpc) is 2.23. The summed E-state index contributed by atoms with van der Waals surface area (Å²) < 4.78 is 0. The Morgan fingerprint density at radius 1 is 1.40 bits per heavy atom. The fourth-order valence-electron chi connectivity index (χ4n) is 1.46. The number of rotatable bonds is 3. The molecule has 1 aliphatic heterocycles. The van der Waals surface area contributed by atoms with Gasteiger partial charge in [-0.25, -0.2) is 0 Å². The van der Waals surface area contributed by atoms with E-state index in [0.717, 1.165) is 13.1 Å². The number of aliphatic hydroxyl groups is 1. The SMILES string of the molecule is O=C(NC1CNC1)C(O)c1ccccc1. The lowest BCUT2D eigenvalue weighted by Crippen LogP contribution is -2.57. The number of hydrogen-bond acceptors (Lipinski definition) is 3. The minimum atomic E-state index is -1.06. The maximum atomic E-state index is 11.6. The summed E-state index contributed by atoms with van der Waals surface area (Å²) in [6.45, 7) is 1.57. The van der Waals surface area contributed by atoms with E-state index in [4.69, 9.17) is 0 Å². The molecule has 1 unspecified atom stereocenters. The standard InChI is InChI=1S/C11H14N2O2/c14-10(8-4-2-1-3-5-8)11(15)13-9-6-12-7-9/h1-5,9-10,12,14H,6-7H2,(H,13,15). The number of aliphatic hydroxyl groups excluding tert-OH is 1. The summed E-state index contributed by atoms with van der Waals surface area (Å²) in [6, 6.07) is 9.10. The van der Waals surface area contributed by atoms with Crippen LogP contribution in [-0.2, 0) is 4.79 Å². The van der Waals surface area contributed by atoms with E-state index in [0.29, 0.717) is 5.56 Å². The van der Waals surface area contributed by atoms with Gasteiger partial charge in [-0.15, -0.1) is 0 Å². The molecule has 1 amide bonds. The van der Waals surface area contributed by atoms with Crippen LogP contribution < -0.4 is 10.6 Å². The Morgan fingerprint density at radius 3 is 2.60 bits per heavy atom. The van der Waals surface area contributed by atoms with Crippen LogP contribution in [0.4, 0.5) is 0 Å². The monoisotopic (exact) mass is 206 g/mol. The van der Waals surface area contributed by atoms with Crippen molar-refractivity contribution in [2.75, 3.05) is 13.1 Å². The van der Waals surface area contributed by atoms with Crippen molar-refractivity contribution in [3.63, 3.8) is 0 Å². The van der Waals surface area contributed by atoms with Crippen LogP contribution in [0, 0.1) is 0 Å². The zero-order valence-corrected chi connectivity index (χ0v) is 8.31. The molecule has 0 bridgehead atoms. The van der Waals surface area contributed by atoms with Gasteiger partial charge in [0.2, 0.25) is 0 Å². The third-order valence-electron chi connectivity index (χ3n) is 2.49. The number of carbonyl (C=O) groups is 1. The van der Waals surface area contributed by atoms with Crippen LogP contribution in [-0.4, -0.2) is 30.1 Å². The Balaban J connectivity index is 1.94. The van der Waals surface area contributed by atoms with E-state index >= 15 is 0 Å². The summed E-state index contributed by atoms with van der Waals surface area (Å²) in [5.41, 5.74) is 0.627. The van der Waals surface area contributed by atoms with Gasteiger partial charge in [0.05, 0.1) is 6.04 Å². The van der Waals surface area contributed by atoms with Crippen molar-refractivity contribution >= 4 is 5.91 Å². The Labute approximate surface area is 88.3 Å². The van der Waals surface area contributed by atoms with Gasteiger partial charge in [-0.1, -0.05) is 30.3 Å². The van der Waals surface area contributed by atoms with E-state index in [-0.39, 0.29) is 11.9 Å². The molecule has 1 heterocycles. The minimum Gasteiger partial charge on any atom is -0.378 e. The molecule has 1 fully saturated rings. The summed E-state index contributed by atoms with van der Waals surface area (Å²) in [5.74, 6) is -0.326. The molecule has 2 rings (SSSR count). The van der Waals surface area contributed by atoms with Crippen molar-refractivity contribution in [3.05, 3.63) is 35.9 Å². The van der Waals surface area contributed by atoms with Crippen LogP contribution in [0.5, 0.6) is 0 Å². The molecule has 3 N–H and O–H groups in total. The van der Waals surface area contributed by atoms with Gasteiger partial charge in [-0.3, -0.25) is 4.79 Å². The zero-order chi connectivity index (χ0) is 10.7. The van der Waals surface area contributed by atoms with E-state index in [9.17, 15) is 9.90 Å². The second-order valence-electron chi connectivity index (χ2n) is 3.68. The van der Waals surface area contributed by atoms with E-state index in [1.54, 1.807) is 24.3 Å². The molecular formula is C11H14N2O2. The first kappa shape index (κ1) is 10.1. The fraction of sp³-hybridized carbons (Fsp3) is 0.364. The van der Waals surface area contributed by atoms with E-state index in [1.807, 2.05) is 6.07 Å². The molecule has 80 valence electrons. The van der Waals surface area contributed by atoms with Crippen molar-refractivity contribution in [1.82, 2.24) is 10.6 Å². The highest BCUT2D eigenvalue weighted by molar-refractivity contribution is 5.82. The molecule has 15 heavy (non-hydrogen) atoms. The molecule has 0 saturated carbocycles. The van der Waals surface area contributed by atoms with E-state index in [1.165, 1.54) is 0 Å². The van der Waals surface area contributed by atoms with Crippen molar-refractivity contribution in [2.24, 2.45) is 0 Å². The number of amides is 1. The molecule has 0 aliphatic carbocycles. The Bertz CT molecular complexity index is 336. The molecule has 0 aromatic heterocycles. The zero-order valence-electron chi connectivity index (χ0n) is 8.31. The predicted octanol–water partition coefficient (Wildman–Crippen LogP) is -0.192. The van der Waals surface area contributed by atoms with Crippen molar-refractivity contribution in [3.8, 4) is 0 Å². The number of nitrogens with one attached hydrogen (secondary N) is 2. The lowest BCUT2D eigenvalue weighted by atomic mass is 10.1. The van der Waals surface area contributed by atoms with Gasteiger partial charge in [0, 0.05) is 13.1 Å². The highest BCUT2D eigenvalue weighted by Gasteiger charge is 2.23. The largest absolute Gasteiger partial charge is 0.378 e. The van der Waals surface area contributed by atoms with E-state index in [2.05, 4.69) is 10.6 Å². The van der Waals surface area contributed by atoms with Crippen LogP contribution in [0.1, 0.15) is 11.7 Å². The van der Waals surface area contributed by atoms with E-state index < -0.39 is 6.10 Å². The van der Waals surface area contributed by atoms with Crippen LogP contribution in [0.3, 0.4) is 0 Å². The average molecular weight is 206 g/mol. The molecule has 1 atom stereocenters. The van der Waals surface area contributed by atoms with Crippen LogP contribution >= 0.6 is 0 Å². The first-order valence-electron chi connectivity index (χ1n) is 5.01. The normalized spacial score (nSPS) is 17.9. The minimum absolute atomic E-state index is 0.163. The molecule has 0 spiro atoms. The highest BCUT2D eigenvalue weighted by atomic mass is 16.3. The van der Waals surface area contributed by atoms with Crippen LogP contribution in [0.2, 0.25) is 0 Å². The van der Waals surface area contributed by atoms with Gasteiger partial charge >= 0.3 is 0 Å².